The van der Waals surface area contributed by atoms with Gasteiger partial charge in [-0.2, -0.15) is 0 Å². The van der Waals surface area contributed by atoms with Gasteiger partial charge in [-0.05, 0) is 49.1 Å². The summed E-state index contributed by atoms with van der Waals surface area (Å²) in [4.78, 5) is 24.3. The van der Waals surface area contributed by atoms with Gasteiger partial charge in [0.1, 0.15) is 0 Å². The van der Waals surface area contributed by atoms with Gasteiger partial charge in [-0.3, -0.25) is 9.59 Å². The number of rotatable bonds is 5. The van der Waals surface area contributed by atoms with Gasteiger partial charge in [0, 0.05) is 18.0 Å². The molecule has 3 rings (SSSR count). The first-order chi connectivity index (χ1) is 12.4. The lowest BCUT2D eigenvalue weighted by Crippen LogP contribution is -2.32. The molecule has 136 valence electrons. The van der Waals surface area contributed by atoms with Gasteiger partial charge in [0.05, 0.1) is 6.04 Å². The predicted octanol–water partition coefficient (Wildman–Crippen LogP) is 3.73. The maximum Gasteiger partial charge on any atom is 0.227 e. The lowest BCUT2D eigenvalue weighted by atomic mass is 9.89. The number of halogens is 2. The van der Waals surface area contributed by atoms with Crippen molar-refractivity contribution in [1.29, 1.82) is 0 Å². The number of para-hydroxylation sites is 1. The van der Waals surface area contributed by atoms with Crippen LogP contribution in [0.1, 0.15) is 36.9 Å². The van der Waals surface area contributed by atoms with Gasteiger partial charge in [0.25, 0.3) is 0 Å². The molecule has 1 heterocycles. The molecule has 2 aromatic rings. The second-order valence-corrected chi connectivity index (χ2v) is 6.55. The third kappa shape index (κ3) is 4.07. The summed E-state index contributed by atoms with van der Waals surface area (Å²) in [5, 5.41) is 5.62. The molecule has 6 heteroatoms. The van der Waals surface area contributed by atoms with E-state index in [2.05, 4.69) is 10.6 Å². The molecule has 0 aliphatic carbocycles. The highest BCUT2D eigenvalue weighted by Crippen LogP contribution is 2.27. The number of amides is 2. The highest BCUT2D eigenvalue weighted by molar-refractivity contribution is 5.96. The molecule has 2 aromatic carbocycles. The van der Waals surface area contributed by atoms with E-state index in [1.807, 2.05) is 24.3 Å². The minimum absolute atomic E-state index is 0.0786. The van der Waals surface area contributed by atoms with E-state index in [9.17, 15) is 18.4 Å². The minimum Gasteiger partial charge on any atom is -0.350 e. The second-order valence-electron chi connectivity index (χ2n) is 6.55. The molecule has 26 heavy (non-hydrogen) atoms. The van der Waals surface area contributed by atoms with Crippen LogP contribution in [0.4, 0.5) is 14.5 Å². The van der Waals surface area contributed by atoms with Crippen molar-refractivity contribution in [3.63, 3.8) is 0 Å². The van der Waals surface area contributed by atoms with Crippen LogP contribution < -0.4 is 10.6 Å². The monoisotopic (exact) mass is 358 g/mol. The van der Waals surface area contributed by atoms with Gasteiger partial charge in [-0.1, -0.05) is 24.3 Å². The Balaban J connectivity index is 1.54. The van der Waals surface area contributed by atoms with Gasteiger partial charge < -0.3 is 10.6 Å². The van der Waals surface area contributed by atoms with Crippen molar-refractivity contribution < 1.29 is 18.4 Å². The van der Waals surface area contributed by atoms with Crippen LogP contribution in [-0.4, -0.2) is 11.8 Å². The van der Waals surface area contributed by atoms with E-state index in [0.29, 0.717) is 18.4 Å². The maximum absolute atomic E-state index is 13.3. The van der Waals surface area contributed by atoms with Crippen molar-refractivity contribution in [1.82, 2.24) is 5.32 Å². The molecule has 0 aromatic heterocycles. The Labute approximate surface area is 150 Å². The van der Waals surface area contributed by atoms with E-state index in [4.69, 9.17) is 0 Å². The first kappa shape index (κ1) is 18.0. The van der Waals surface area contributed by atoms with E-state index in [1.54, 1.807) is 6.92 Å². The summed E-state index contributed by atoms with van der Waals surface area (Å²) < 4.78 is 26.3. The van der Waals surface area contributed by atoms with Crippen LogP contribution in [0.25, 0.3) is 0 Å². The van der Waals surface area contributed by atoms with Gasteiger partial charge >= 0.3 is 0 Å². The Hall–Kier alpha value is -2.76. The zero-order valence-electron chi connectivity index (χ0n) is 14.4. The van der Waals surface area contributed by atoms with E-state index >= 15 is 0 Å². The maximum atomic E-state index is 13.3. The van der Waals surface area contributed by atoms with Crippen LogP contribution in [0.5, 0.6) is 0 Å². The number of benzene rings is 2. The first-order valence-electron chi connectivity index (χ1n) is 8.57. The zero-order chi connectivity index (χ0) is 18.7. The Morgan fingerprint density at radius 1 is 1.23 bits per heavy atom. The average Bonchev–Trinajstić information content (AvgIpc) is 2.62. The van der Waals surface area contributed by atoms with Crippen LogP contribution in [0, 0.1) is 17.6 Å². The van der Waals surface area contributed by atoms with E-state index in [-0.39, 0.29) is 24.2 Å². The molecular formula is C20H20F2N2O2. The summed E-state index contributed by atoms with van der Waals surface area (Å²) in [6.07, 6.45) is 1.22. The molecule has 2 amide bonds. The summed E-state index contributed by atoms with van der Waals surface area (Å²) in [6, 6.07) is 10.7. The number of fused-ring (bicyclic) bond motifs is 1. The fraction of sp³-hybridized carbons (Fsp3) is 0.300. The highest BCUT2D eigenvalue weighted by atomic mass is 19.2. The lowest BCUT2D eigenvalue weighted by Gasteiger charge is -2.24. The fourth-order valence-electron chi connectivity index (χ4n) is 3.13. The summed E-state index contributed by atoms with van der Waals surface area (Å²) in [5.74, 6) is -2.43. The van der Waals surface area contributed by atoms with E-state index in [1.165, 1.54) is 6.07 Å². The third-order valence-corrected chi connectivity index (χ3v) is 4.65. The van der Waals surface area contributed by atoms with E-state index in [0.717, 1.165) is 23.4 Å². The topological polar surface area (TPSA) is 58.2 Å². The number of hydrogen-bond acceptors (Lipinski definition) is 2. The molecule has 0 saturated heterocycles. The smallest absolute Gasteiger partial charge is 0.227 e. The molecule has 0 saturated carbocycles. The molecule has 1 aliphatic rings. The van der Waals surface area contributed by atoms with Crippen LogP contribution in [0.2, 0.25) is 0 Å². The Kier molecular flexibility index (Phi) is 5.30. The van der Waals surface area contributed by atoms with Gasteiger partial charge in [-0.25, -0.2) is 8.78 Å². The molecule has 0 spiro atoms. The molecule has 1 aliphatic heterocycles. The number of anilines is 1. The molecule has 2 atom stereocenters. The van der Waals surface area contributed by atoms with E-state index < -0.39 is 17.7 Å². The molecule has 0 unspecified atom stereocenters. The molecule has 4 nitrogen and oxygen atoms in total. The Bertz CT molecular complexity index is 838. The van der Waals surface area contributed by atoms with Crippen LogP contribution in [-0.2, 0) is 16.0 Å². The van der Waals surface area contributed by atoms with Crippen molar-refractivity contribution in [2.45, 2.75) is 32.2 Å². The average molecular weight is 358 g/mol. The summed E-state index contributed by atoms with van der Waals surface area (Å²) in [7, 11) is 0. The SMILES string of the molecule is C[C@@H](NC(=O)CC[C@H]1Cc2ccccc2NC1=O)c1ccc(F)c(F)c1. The normalized spacial score (nSPS) is 17.2. The largest absolute Gasteiger partial charge is 0.350 e. The minimum atomic E-state index is -0.943. The van der Waals surface area contributed by atoms with Gasteiger partial charge in [-0.15, -0.1) is 0 Å². The first-order valence-corrected chi connectivity index (χ1v) is 8.57. The number of carbonyl (C=O) groups is 2. The quantitative estimate of drug-likeness (QED) is 0.856. The Morgan fingerprint density at radius 3 is 2.77 bits per heavy atom. The van der Waals surface area contributed by atoms with Crippen LogP contribution in [0.3, 0.4) is 0 Å². The van der Waals surface area contributed by atoms with Crippen molar-refractivity contribution in [3.8, 4) is 0 Å². The number of hydrogen-bond donors (Lipinski definition) is 2. The van der Waals surface area contributed by atoms with Crippen LogP contribution in [0.15, 0.2) is 42.5 Å². The fourth-order valence-corrected chi connectivity index (χ4v) is 3.13. The van der Waals surface area contributed by atoms with Crippen molar-refractivity contribution in [3.05, 3.63) is 65.2 Å². The summed E-state index contributed by atoms with van der Waals surface area (Å²) in [6.45, 7) is 1.70. The molecule has 2 N–H and O–H groups in total. The molecular weight excluding hydrogens is 338 g/mol. The summed E-state index contributed by atoms with van der Waals surface area (Å²) >= 11 is 0. The molecule has 0 fully saturated rings. The lowest BCUT2D eigenvalue weighted by molar-refractivity contribution is -0.123. The standard InChI is InChI=1S/C20H20F2N2O2/c1-12(13-6-8-16(21)17(22)11-13)23-19(25)9-7-15-10-14-4-2-3-5-18(14)24-20(15)26/h2-6,8,11-12,15H,7,9-10H2,1H3,(H,23,25)(H,24,26)/t12-,15+/m1/s1. The zero-order valence-corrected chi connectivity index (χ0v) is 14.4. The Morgan fingerprint density at radius 2 is 2.00 bits per heavy atom. The van der Waals surface area contributed by atoms with Crippen LogP contribution >= 0.6 is 0 Å². The van der Waals surface area contributed by atoms with Gasteiger partial charge in [0.15, 0.2) is 11.6 Å². The van der Waals surface area contributed by atoms with Crippen molar-refractivity contribution >= 4 is 17.5 Å². The van der Waals surface area contributed by atoms with Crippen molar-refractivity contribution in [2.24, 2.45) is 5.92 Å². The summed E-state index contributed by atoms with van der Waals surface area (Å²) in [5.41, 5.74) is 2.37. The third-order valence-electron chi connectivity index (χ3n) is 4.65. The number of carbonyl (C=O) groups excluding carboxylic acids is 2. The predicted molar refractivity (Wildman–Crippen MR) is 94.4 cm³/mol. The second kappa shape index (κ2) is 7.64. The van der Waals surface area contributed by atoms with Gasteiger partial charge in [0.2, 0.25) is 11.8 Å². The van der Waals surface area contributed by atoms with Crippen molar-refractivity contribution in [2.75, 3.05) is 5.32 Å². The molecule has 0 bridgehead atoms. The molecule has 0 radical (unpaired) electrons. The number of nitrogens with one attached hydrogen (secondary N) is 2. The highest BCUT2D eigenvalue weighted by Gasteiger charge is 2.26.